The number of amides is 2. The number of rotatable bonds is 9. The lowest BCUT2D eigenvalue weighted by molar-refractivity contribution is -0.113. The Morgan fingerprint density at radius 2 is 1.55 bits per heavy atom. The van der Waals surface area contributed by atoms with E-state index >= 15 is 0 Å². The first kappa shape index (κ1) is 26.9. The summed E-state index contributed by atoms with van der Waals surface area (Å²) in [5.41, 5.74) is 3.51. The second-order valence-corrected chi connectivity index (χ2v) is 9.98. The molecule has 0 saturated heterocycles. The molecule has 0 atom stereocenters. The highest BCUT2D eigenvalue weighted by atomic mass is 35.5. The maximum Gasteiger partial charge on any atom is 0.272 e. The first-order chi connectivity index (χ1) is 18.4. The Morgan fingerprint density at radius 1 is 0.816 bits per heavy atom. The summed E-state index contributed by atoms with van der Waals surface area (Å²) in [6.45, 7) is 1.96. The zero-order valence-corrected chi connectivity index (χ0v) is 22.2. The van der Waals surface area contributed by atoms with E-state index in [9.17, 15) is 14.4 Å². The van der Waals surface area contributed by atoms with Gasteiger partial charge in [0.25, 0.3) is 11.8 Å². The zero-order valence-electron chi connectivity index (χ0n) is 20.6. The van der Waals surface area contributed by atoms with Gasteiger partial charge in [-0.15, -0.1) is 11.8 Å². The van der Waals surface area contributed by atoms with Crippen molar-refractivity contribution in [3.63, 3.8) is 0 Å². The van der Waals surface area contributed by atoms with Crippen LogP contribution in [0.2, 0.25) is 5.02 Å². The number of halogens is 1. The van der Waals surface area contributed by atoms with Crippen LogP contribution < -0.4 is 10.6 Å². The molecule has 0 aliphatic carbocycles. The van der Waals surface area contributed by atoms with Crippen molar-refractivity contribution in [2.45, 2.75) is 11.8 Å². The molecule has 0 aliphatic heterocycles. The number of Topliss-reactive ketones (excluding diaryl/α,β-unsaturated/α-hetero) is 1. The highest BCUT2D eigenvalue weighted by Gasteiger charge is 2.15. The second kappa shape index (κ2) is 12.9. The highest BCUT2D eigenvalue weighted by molar-refractivity contribution is 8.00. The van der Waals surface area contributed by atoms with Crippen LogP contribution in [0.15, 0.2) is 114 Å². The Bertz CT molecular complexity index is 1480. The van der Waals surface area contributed by atoms with Gasteiger partial charge in [0.05, 0.1) is 5.75 Å². The molecule has 2 amide bonds. The number of carbonyl (C=O) groups is 3. The lowest BCUT2D eigenvalue weighted by atomic mass is 10.1. The zero-order chi connectivity index (χ0) is 26.9. The van der Waals surface area contributed by atoms with Crippen LogP contribution in [-0.4, -0.2) is 23.4 Å². The van der Waals surface area contributed by atoms with E-state index in [-0.39, 0.29) is 23.1 Å². The molecule has 0 spiro atoms. The quantitative estimate of drug-likeness (QED) is 0.136. The van der Waals surface area contributed by atoms with Crippen LogP contribution in [0.3, 0.4) is 0 Å². The van der Waals surface area contributed by atoms with Gasteiger partial charge in [0, 0.05) is 26.7 Å². The maximum atomic E-state index is 13.3. The first-order valence-corrected chi connectivity index (χ1v) is 13.2. The molecule has 0 unspecified atom stereocenters. The van der Waals surface area contributed by atoms with Gasteiger partial charge in [-0.1, -0.05) is 65.7 Å². The Labute approximate surface area is 230 Å². The molecule has 0 aromatic heterocycles. The van der Waals surface area contributed by atoms with Crippen molar-refractivity contribution in [3.05, 3.63) is 136 Å². The molecule has 7 heteroatoms. The molecule has 4 rings (SSSR count). The average molecular weight is 541 g/mol. The van der Waals surface area contributed by atoms with E-state index in [1.54, 1.807) is 72.8 Å². The van der Waals surface area contributed by atoms with E-state index in [1.807, 2.05) is 43.3 Å². The molecule has 0 aliphatic rings. The maximum absolute atomic E-state index is 13.3. The lowest BCUT2D eigenvalue weighted by Gasteiger charge is -2.12. The first-order valence-electron chi connectivity index (χ1n) is 11.8. The minimum absolute atomic E-state index is 0.0203. The smallest absolute Gasteiger partial charge is 0.272 e. The van der Waals surface area contributed by atoms with Crippen LogP contribution in [0, 0.1) is 6.92 Å². The van der Waals surface area contributed by atoms with Crippen LogP contribution in [0.25, 0.3) is 6.08 Å². The van der Waals surface area contributed by atoms with Gasteiger partial charge in [-0.05, 0) is 73.2 Å². The second-order valence-electron chi connectivity index (χ2n) is 8.49. The summed E-state index contributed by atoms with van der Waals surface area (Å²) in [6.07, 6.45) is 1.65. The Balaban J connectivity index is 1.49. The van der Waals surface area contributed by atoms with Gasteiger partial charge >= 0.3 is 0 Å². The number of thioether (sulfide) groups is 1. The molecule has 4 aromatic rings. The standard InChI is InChI=1S/C31H25ClN2O3S/c1-21-7-5-8-22(17-21)18-28(34-30(36)24-9-3-2-4-10-24)31(37)33-26-11-6-12-27(19-26)38-20-29(35)23-13-15-25(32)16-14-23/h2-19H,20H2,1H3,(H,33,37)(H,34,36)/b28-18-. The predicted molar refractivity (Wildman–Crippen MR) is 155 cm³/mol. The number of benzene rings is 4. The Kier molecular flexibility index (Phi) is 9.14. The summed E-state index contributed by atoms with van der Waals surface area (Å²) >= 11 is 7.27. The number of nitrogens with one attached hydrogen (secondary N) is 2. The van der Waals surface area contributed by atoms with Crippen LogP contribution in [-0.2, 0) is 4.79 Å². The number of hydrogen-bond donors (Lipinski definition) is 2. The van der Waals surface area contributed by atoms with Crippen molar-refractivity contribution < 1.29 is 14.4 Å². The largest absolute Gasteiger partial charge is 0.321 e. The number of aryl methyl sites for hydroxylation is 1. The third-order valence-corrected chi connectivity index (χ3v) is 6.76. The van der Waals surface area contributed by atoms with Crippen molar-refractivity contribution in [2.75, 3.05) is 11.1 Å². The van der Waals surface area contributed by atoms with Crippen molar-refractivity contribution in [2.24, 2.45) is 0 Å². The molecular weight excluding hydrogens is 516 g/mol. The Morgan fingerprint density at radius 3 is 2.29 bits per heavy atom. The molecule has 4 aromatic carbocycles. The summed E-state index contributed by atoms with van der Waals surface area (Å²) in [7, 11) is 0. The lowest BCUT2D eigenvalue weighted by Crippen LogP contribution is -2.30. The predicted octanol–water partition coefficient (Wildman–Crippen LogP) is 7.03. The van der Waals surface area contributed by atoms with Crippen molar-refractivity contribution in [3.8, 4) is 0 Å². The minimum atomic E-state index is -0.463. The van der Waals surface area contributed by atoms with Gasteiger partial charge in [-0.2, -0.15) is 0 Å². The number of carbonyl (C=O) groups excluding carboxylic acids is 3. The Hall–Kier alpha value is -4.13. The summed E-state index contributed by atoms with van der Waals surface area (Å²) in [5.74, 6) is -0.627. The minimum Gasteiger partial charge on any atom is -0.321 e. The van der Waals surface area contributed by atoms with E-state index in [1.165, 1.54) is 11.8 Å². The van der Waals surface area contributed by atoms with Crippen molar-refractivity contribution in [1.82, 2.24) is 5.32 Å². The molecule has 0 heterocycles. The summed E-state index contributed by atoms with van der Waals surface area (Å²) in [6, 6.07) is 30.4. The van der Waals surface area contributed by atoms with E-state index < -0.39 is 5.91 Å². The summed E-state index contributed by atoms with van der Waals surface area (Å²) in [4.78, 5) is 39.5. The fourth-order valence-electron chi connectivity index (χ4n) is 3.60. The van der Waals surface area contributed by atoms with E-state index in [2.05, 4.69) is 10.6 Å². The van der Waals surface area contributed by atoms with Gasteiger partial charge in [-0.3, -0.25) is 14.4 Å². The fraction of sp³-hybridized carbons (Fsp3) is 0.0645. The normalized spacial score (nSPS) is 11.1. The van der Waals surface area contributed by atoms with Crippen LogP contribution in [0.5, 0.6) is 0 Å². The van der Waals surface area contributed by atoms with Gasteiger partial charge in [0.15, 0.2) is 5.78 Å². The topological polar surface area (TPSA) is 75.3 Å². The molecule has 0 saturated carbocycles. The van der Waals surface area contributed by atoms with Gasteiger partial charge in [0.2, 0.25) is 0 Å². The molecular formula is C31H25ClN2O3S. The van der Waals surface area contributed by atoms with Gasteiger partial charge in [0.1, 0.15) is 5.70 Å². The number of hydrogen-bond acceptors (Lipinski definition) is 4. The molecule has 0 radical (unpaired) electrons. The molecule has 190 valence electrons. The number of ketones is 1. The van der Waals surface area contributed by atoms with E-state index in [0.717, 1.165) is 16.0 Å². The van der Waals surface area contributed by atoms with Crippen LogP contribution >= 0.6 is 23.4 Å². The van der Waals surface area contributed by atoms with Gasteiger partial charge < -0.3 is 10.6 Å². The SMILES string of the molecule is Cc1cccc(/C=C(\NC(=O)c2ccccc2)C(=O)Nc2cccc(SCC(=O)c3ccc(Cl)cc3)c2)c1. The van der Waals surface area contributed by atoms with Crippen LogP contribution in [0.4, 0.5) is 5.69 Å². The monoisotopic (exact) mass is 540 g/mol. The molecule has 38 heavy (non-hydrogen) atoms. The summed E-state index contributed by atoms with van der Waals surface area (Å²) in [5, 5.41) is 6.19. The van der Waals surface area contributed by atoms with Crippen LogP contribution in [0.1, 0.15) is 31.8 Å². The van der Waals surface area contributed by atoms with E-state index in [0.29, 0.717) is 21.8 Å². The highest BCUT2D eigenvalue weighted by Crippen LogP contribution is 2.23. The molecule has 5 nitrogen and oxygen atoms in total. The third kappa shape index (κ3) is 7.68. The average Bonchev–Trinajstić information content (AvgIpc) is 2.92. The molecule has 0 bridgehead atoms. The number of anilines is 1. The summed E-state index contributed by atoms with van der Waals surface area (Å²) < 4.78 is 0. The third-order valence-electron chi connectivity index (χ3n) is 5.51. The molecule has 2 N–H and O–H groups in total. The molecule has 0 fully saturated rings. The van der Waals surface area contributed by atoms with Crippen molar-refractivity contribution >= 4 is 52.7 Å². The fourth-order valence-corrected chi connectivity index (χ4v) is 4.57. The van der Waals surface area contributed by atoms with Gasteiger partial charge in [-0.25, -0.2) is 0 Å². The van der Waals surface area contributed by atoms with E-state index in [4.69, 9.17) is 11.6 Å². The van der Waals surface area contributed by atoms with Crippen molar-refractivity contribution in [1.29, 1.82) is 0 Å².